The van der Waals surface area contributed by atoms with E-state index in [4.69, 9.17) is 9.47 Å². The monoisotopic (exact) mass is 711 g/mol. The van der Waals surface area contributed by atoms with Gasteiger partial charge in [0, 0.05) is 19.4 Å². The van der Waals surface area contributed by atoms with Crippen molar-refractivity contribution >= 4 is 35.6 Å². The smallest absolute Gasteiger partial charge is 0.408 e. The Morgan fingerprint density at radius 3 is 2.29 bits per heavy atom. The number of Topliss-reactive ketones (excluding diaryl/α,β-unsaturated/α-hetero) is 1. The number of hydrogen-bond donors (Lipinski definition) is 3. The van der Waals surface area contributed by atoms with E-state index in [9.17, 15) is 38.3 Å². The molecular formula is C38H50FN3O9. The zero-order valence-corrected chi connectivity index (χ0v) is 30.0. The Morgan fingerprint density at radius 2 is 1.67 bits per heavy atom. The minimum absolute atomic E-state index is 0.0939. The van der Waals surface area contributed by atoms with Crippen LogP contribution in [-0.4, -0.2) is 82.5 Å². The Bertz CT molecular complexity index is 1540. The number of carbonyl (C=O) groups excluding carboxylic acids is 5. The van der Waals surface area contributed by atoms with Gasteiger partial charge in [0.15, 0.2) is 5.78 Å². The first-order chi connectivity index (χ1) is 24.0. The standard InChI is InChI=1S/C38H50FN3O9/c1-6-38(5,35(48)40-29(23-25-14-12-17-27(39)22-25)32(44)42-20-13-19-30(42)33(45)46)24-31(43)28(41-36(49)51-37(2,3)4)18-10-11-21-50-34(47)26-15-8-7-9-16-26/h7-9,12,14-17,22,28-30H,6,10-11,13,18-21,23-24H2,1-5H3,(H,40,48)(H,41,49)(H,45,46)/t28-,29-,30+,38+/m0/s1. The molecule has 3 N–H and O–H groups in total. The molecule has 13 heteroatoms. The van der Waals surface area contributed by atoms with Gasteiger partial charge in [0.2, 0.25) is 11.8 Å². The van der Waals surface area contributed by atoms with E-state index in [0.29, 0.717) is 30.4 Å². The molecule has 1 aliphatic rings. The van der Waals surface area contributed by atoms with Gasteiger partial charge in [0.25, 0.3) is 0 Å². The lowest BCUT2D eigenvalue weighted by molar-refractivity contribution is -0.150. The molecular weight excluding hydrogens is 661 g/mol. The number of carboxylic acids is 1. The summed E-state index contributed by atoms with van der Waals surface area (Å²) in [5, 5.41) is 15.1. The van der Waals surface area contributed by atoms with Crippen LogP contribution < -0.4 is 10.6 Å². The van der Waals surface area contributed by atoms with E-state index >= 15 is 0 Å². The lowest BCUT2D eigenvalue weighted by Gasteiger charge is -2.32. The number of esters is 1. The van der Waals surface area contributed by atoms with Crippen LogP contribution in [0.4, 0.5) is 9.18 Å². The predicted molar refractivity (Wildman–Crippen MR) is 186 cm³/mol. The van der Waals surface area contributed by atoms with Crippen LogP contribution in [0.5, 0.6) is 0 Å². The number of benzene rings is 2. The number of hydrogen-bond acceptors (Lipinski definition) is 8. The molecule has 0 saturated carbocycles. The molecule has 1 aliphatic heterocycles. The number of ether oxygens (including phenoxy) is 2. The minimum atomic E-state index is -1.34. The lowest BCUT2D eigenvalue weighted by Crippen LogP contribution is -2.55. The van der Waals surface area contributed by atoms with Crippen molar-refractivity contribution in [3.8, 4) is 0 Å². The minimum Gasteiger partial charge on any atom is -0.480 e. The Hall–Kier alpha value is -4.81. The van der Waals surface area contributed by atoms with Crippen molar-refractivity contribution in [2.45, 2.75) is 110 Å². The number of unbranched alkanes of at least 4 members (excludes halogenated alkanes) is 1. The molecule has 4 atom stereocenters. The molecule has 1 heterocycles. The van der Waals surface area contributed by atoms with Gasteiger partial charge in [-0.05, 0) is 89.1 Å². The third-order valence-corrected chi connectivity index (χ3v) is 8.86. The fraction of sp³-hybridized carbons (Fsp3) is 0.526. The SMILES string of the molecule is CC[C@](C)(CC(=O)[C@H](CCCCOC(=O)c1ccccc1)NC(=O)OC(C)(C)C)C(=O)N[C@@H](Cc1cccc(F)c1)C(=O)N1CCC[C@@H]1C(=O)O. The van der Waals surface area contributed by atoms with Crippen LogP contribution in [0.1, 0.15) is 95.5 Å². The predicted octanol–water partition coefficient (Wildman–Crippen LogP) is 5.22. The average molecular weight is 712 g/mol. The van der Waals surface area contributed by atoms with Gasteiger partial charge in [-0.2, -0.15) is 0 Å². The number of nitrogens with one attached hydrogen (secondary N) is 2. The maximum absolute atomic E-state index is 14.1. The normalized spacial score (nSPS) is 16.7. The third-order valence-electron chi connectivity index (χ3n) is 8.86. The molecule has 0 aliphatic carbocycles. The molecule has 0 unspecified atom stereocenters. The molecule has 51 heavy (non-hydrogen) atoms. The Morgan fingerprint density at radius 1 is 0.961 bits per heavy atom. The van der Waals surface area contributed by atoms with Gasteiger partial charge in [0.05, 0.1) is 23.6 Å². The zero-order chi connectivity index (χ0) is 37.8. The Labute approximate surface area is 298 Å². The summed E-state index contributed by atoms with van der Waals surface area (Å²) in [7, 11) is 0. The second kappa shape index (κ2) is 18.4. The van der Waals surface area contributed by atoms with Crippen molar-refractivity contribution in [2.75, 3.05) is 13.2 Å². The van der Waals surface area contributed by atoms with E-state index in [0.717, 1.165) is 0 Å². The number of aliphatic carboxylic acids is 1. The quantitative estimate of drug-likeness (QED) is 0.147. The Balaban J connectivity index is 1.75. The van der Waals surface area contributed by atoms with Crippen molar-refractivity contribution in [2.24, 2.45) is 5.41 Å². The van der Waals surface area contributed by atoms with Crippen molar-refractivity contribution in [1.82, 2.24) is 15.5 Å². The number of rotatable bonds is 17. The van der Waals surface area contributed by atoms with Crippen LogP contribution in [0, 0.1) is 11.2 Å². The molecule has 0 bridgehead atoms. The third kappa shape index (κ3) is 12.5. The van der Waals surface area contributed by atoms with E-state index in [-0.39, 0.29) is 45.3 Å². The average Bonchev–Trinajstić information content (AvgIpc) is 3.57. The van der Waals surface area contributed by atoms with E-state index in [2.05, 4.69) is 10.6 Å². The summed E-state index contributed by atoms with van der Waals surface area (Å²) < 4.78 is 24.8. The molecule has 3 rings (SSSR count). The van der Waals surface area contributed by atoms with E-state index in [1.165, 1.54) is 23.1 Å². The number of alkyl carbamates (subject to hydrolysis) is 1. The second-order valence-corrected chi connectivity index (χ2v) is 14.1. The first-order valence-electron chi connectivity index (χ1n) is 17.4. The summed E-state index contributed by atoms with van der Waals surface area (Å²) in [5.41, 5.74) is -1.34. The van der Waals surface area contributed by atoms with E-state index < -0.39 is 70.6 Å². The first kappa shape index (κ1) is 40.6. The molecule has 278 valence electrons. The van der Waals surface area contributed by atoms with Crippen LogP contribution in [0.2, 0.25) is 0 Å². The van der Waals surface area contributed by atoms with Crippen LogP contribution in [0.3, 0.4) is 0 Å². The number of halogens is 1. The summed E-state index contributed by atoms with van der Waals surface area (Å²) in [6, 6.07) is 10.8. The fourth-order valence-corrected chi connectivity index (χ4v) is 5.83. The number of amides is 3. The molecule has 0 aromatic heterocycles. The number of likely N-dealkylation sites (tertiary alicyclic amines) is 1. The zero-order valence-electron chi connectivity index (χ0n) is 30.0. The maximum atomic E-state index is 14.1. The summed E-state index contributed by atoms with van der Waals surface area (Å²) in [6.45, 7) is 8.64. The summed E-state index contributed by atoms with van der Waals surface area (Å²) in [6.07, 6.45) is 0.693. The summed E-state index contributed by atoms with van der Waals surface area (Å²) in [4.78, 5) is 79.7. The molecule has 2 aromatic carbocycles. The number of carbonyl (C=O) groups is 6. The fourth-order valence-electron chi connectivity index (χ4n) is 5.83. The van der Waals surface area contributed by atoms with Crippen LogP contribution in [-0.2, 0) is 35.1 Å². The lowest BCUT2D eigenvalue weighted by atomic mass is 9.79. The molecule has 0 radical (unpaired) electrons. The summed E-state index contributed by atoms with van der Waals surface area (Å²) >= 11 is 0. The molecule has 2 aromatic rings. The highest BCUT2D eigenvalue weighted by atomic mass is 19.1. The van der Waals surface area contributed by atoms with Crippen molar-refractivity contribution in [3.05, 3.63) is 71.5 Å². The van der Waals surface area contributed by atoms with Crippen LogP contribution in [0.15, 0.2) is 54.6 Å². The van der Waals surface area contributed by atoms with Crippen LogP contribution in [0.25, 0.3) is 0 Å². The molecule has 1 saturated heterocycles. The van der Waals surface area contributed by atoms with Gasteiger partial charge in [-0.3, -0.25) is 14.4 Å². The van der Waals surface area contributed by atoms with Gasteiger partial charge in [-0.1, -0.05) is 44.2 Å². The highest BCUT2D eigenvalue weighted by Gasteiger charge is 2.41. The highest BCUT2D eigenvalue weighted by Crippen LogP contribution is 2.29. The molecule has 12 nitrogen and oxygen atoms in total. The van der Waals surface area contributed by atoms with Gasteiger partial charge in [-0.15, -0.1) is 0 Å². The van der Waals surface area contributed by atoms with Crippen molar-refractivity contribution in [1.29, 1.82) is 0 Å². The first-order valence-corrected chi connectivity index (χ1v) is 17.4. The maximum Gasteiger partial charge on any atom is 0.408 e. The topological polar surface area (TPSA) is 168 Å². The van der Waals surface area contributed by atoms with Gasteiger partial charge >= 0.3 is 18.0 Å². The number of nitrogens with zero attached hydrogens (tertiary/aromatic N) is 1. The van der Waals surface area contributed by atoms with Gasteiger partial charge in [0.1, 0.15) is 23.5 Å². The molecule has 3 amide bonds. The number of ketones is 1. The van der Waals surface area contributed by atoms with E-state index in [1.54, 1.807) is 71.0 Å². The number of carboxylic acid groups (broad SMARTS) is 1. The van der Waals surface area contributed by atoms with E-state index in [1.807, 2.05) is 0 Å². The summed E-state index contributed by atoms with van der Waals surface area (Å²) in [5.74, 6) is -3.84. The molecule has 0 spiro atoms. The van der Waals surface area contributed by atoms with Crippen LogP contribution >= 0.6 is 0 Å². The van der Waals surface area contributed by atoms with Gasteiger partial charge < -0.3 is 30.1 Å². The Kier molecular flexibility index (Phi) is 14.7. The molecule has 1 fully saturated rings. The van der Waals surface area contributed by atoms with Crippen molar-refractivity contribution in [3.63, 3.8) is 0 Å². The van der Waals surface area contributed by atoms with Crippen molar-refractivity contribution < 1.29 is 47.7 Å². The largest absolute Gasteiger partial charge is 0.480 e. The van der Waals surface area contributed by atoms with Gasteiger partial charge in [-0.25, -0.2) is 18.8 Å². The second-order valence-electron chi connectivity index (χ2n) is 14.1. The highest BCUT2D eigenvalue weighted by molar-refractivity contribution is 5.96.